The van der Waals surface area contributed by atoms with Gasteiger partial charge in [-0.25, -0.2) is 0 Å². The molecule has 5 heteroatoms. The van der Waals surface area contributed by atoms with E-state index in [1.807, 2.05) is 0 Å². The minimum Gasteiger partial charge on any atom is -0.0858 e. The van der Waals surface area contributed by atoms with Gasteiger partial charge in [0.1, 0.15) is 0 Å². The first-order valence-electron chi connectivity index (χ1n) is 2.30. The Kier molecular flexibility index (Phi) is 2.98. The van der Waals surface area contributed by atoms with Gasteiger partial charge in [-0.2, -0.15) is 0 Å². The standard InChI is InChI=1S/C5HBrCl4/c6-1-2(7)4(9)5(10)3(1)8/h1H. The highest BCUT2D eigenvalue weighted by Gasteiger charge is 2.28. The lowest BCUT2D eigenvalue weighted by molar-refractivity contribution is 1.42. The number of hydrogen-bond donors (Lipinski definition) is 0. The van der Waals surface area contributed by atoms with Crippen LogP contribution in [0.2, 0.25) is 0 Å². The largest absolute Gasteiger partial charge is 0.0889 e. The number of hydrogen-bond acceptors (Lipinski definition) is 0. The predicted octanol–water partition coefficient (Wildman–Crippen LogP) is 4.14. The fraction of sp³-hybridized carbons (Fsp3) is 0.200. The Morgan fingerprint density at radius 1 is 0.900 bits per heavy atom. The molecule has 0 aliphatic heterocycles. The van der Waals surface area contributed by atoms with Crippen LogP contribution < -0.4 is 0 Å². The Morgan fingerprint density at radius 3 is 1.30 bits per heavy atom. The van der Waals surface area contributed by atoms with Crippen molar-refractivity contribution in [3.8, 4) is 0 Å². The molecule has 1 aliphatic rings. The molecular formula is C5HBrCl4. The molecule has 0 N–H and O–H groups in total. The van der Waals surface area contributed by atoms with Crippen LogP contribution in [0, 0.1) is 0 Å². The van der Waals surface area contributed by atoms with E-state index in [0.29, 0.717) is 20.1 Å². The average Bonchev–Trinajstić information content (AvgIpc) is 2.07. The molecule has 0 spiro atoms. The maximum atomic E-state index is 5.69. The van der Waals surface area contributed by atoms with Crippen LogP contribution in [0.5, 0.6) is 0 Å². The van der Waals surface area contributed by atoms with E-state index in [2.05, 4.69) is 15.9 Å². The third-order valence-corrected chi connectivity index (χ3v) is 4.39. The first kappa shape index (κ1) is 9.21. The van der Waals surface area contributed by atoms with Gasteiger partial charge < -0.3 is 0 Å². The van der Waals surface area contributed by atoms with Crippen LogP contribution in [0.3, 0.4) is 0 Å². The van der Waals surface area contributed by atoms with Crippen molar-refractivity contribution in [1.82, 2.24) is 0 Å². The topological polar surface area (TPSA) is 0 Å². The molecule has 0 radical (unpaired) electrons. The van der Waals surface area contributed by atoms with Gasteiger partial charge in [-0.1, -0.05) is 62.3 Å². The van der Waals surface area contributed by atoms with Crippen molar-refractivity contribution >= 4 is 62.3 Å². The van der Waals surface area contributed by atoms with Gasteiger partial charge in [0, 0.05) is 0 Å². The summed E-state index contributed by atoms with van der Waals surface area (Å²) >= 11 is 25.9. The summed E-state index contributed by atoms with van der Waals surface area (Å²) in [6.45, 7) is 0. The van der Waals surface area contributed by atoms with E-state index < -0.39 is 0 Å². The predicted molar refractivity (Wildman–Crippen MR) is 50.2 cm³/mol. The van der Waals surface area contributed by atoms with Gasteiger partial charge in [-0.15, -0.1) is 0 Å². The van der Waals surface area contributed by atoms with Crippen molar-refractivity contribution in [2.24, 2.45) is 0 Å². The molecule has 1 rings (SSSR count). The summed E-state index contributed by atoms with van der Waals surface area (Å²) in [4.78, 5) is -0.226. The van der Waals surface area contributed by atoms with Crippen molar-refractivity contribution in [3.63, 3.8) is 0 Å². The zero-order chi connectivity index (χ0) is 7.89. The van der Waals surface area contributed by atoms with E-state index in [9.17, 15) is 0 Å². The molecule has 0 amide bonds. The molecule has 0 aromatic rings. The molecule has 0 saturated heterocycles. The summed E-state index contributed by atoms with van der Waals surface area (Å²) < 4.78 is 0. The van der Waals surface area contributed by atoms with Gasteiger partial charge in [-0.3, -0.25) is 0 Å². The fourth-order valence-corrected chi connectivity index (χ4v) is 2.25. The smallest absolute Gasteiger partial charge is 0.0858 e. The molecule has 0 aromatic heterocycles. The number of rotatable bonds is 0. The van der Waals surface area contributed by atoms with Gasteiger partial charge >= 0.3 is 0 Å². The lowest BCUT2D eigenvalue weighted by Gasteiger charge is -1.97. The molecule has 0 saturated carbocycles. The van der Waals surface area contributed by atoms with Gasteiger partial charge in [-0.05, 0) is 0 Å². The Morgan fingerprint density at radius 2 is 1.20 bits per heavy atom. The van der Waals surface area contributed by atoms with Gasteiger partial charge in [0.25, 0.3) is 0 Å². The van der Waals surface area contributed by atoms with E-state index in [0.717, 1.165) is 0 Å². The van der Waals surface area contributed by atoms with Crippen molar-refractivity contribution in [2.75, 3.05) is 0 Å². The second-order valence-corrected chi connectivity index (χ2v) is 4.17. The summed E-state index contributed by atoms with van der Waals surface area (Å²) in [6.07, 6.45) is 0. The summed E-state index contributed by atoms with van der Waals surface area (Å²) in [7, 11) is 0. The van der Waals surface area contributed by atoms with E-state index in [-0.39, 0.29) is 4.83 Å². The second kappa shape index (κ2) is 3.24. The second-order valence-electron chi connectivity index (χ2n) is 1.69. The van der Waals surface area contributed by atoms with E-state index >= 15 is 0 Å². The summed E-state index contributed by atoms with van der Waals surface area (Å²) in [5.41, 5.74) is 0. The van der Waals surface area contributed by atoms with E-state index in [1.165, 1.54) is 0 Å². The first-order valence-corrected chi connectivity index (χ1v) is 4.73. The third kappa shape index (κ3) is 1.35. The fourth-order valence-electron chi connectivity index (χ4n) is 0.543. The van der Waals surface area contributed by atoms with Crippen LogP contribution in [0.25, 0.3) is 0 Å². The van der Waals surface area contributed by atoms with Crippen molar-refractivity contribution in [3.05, 3.63) is 20.1 Å². The zero-order valence-electron chi connectivity index (χ0n) is 4.47. The van der Waals surface area contributed by atoms with Crippen LogP contribution in [0.1, 0.15) is 0 Å². The monoisotopic (exact) mass is 280 g/mol. The highest BCUT2D eigenvalue weighted by molar-refractivity contribution is 9.09. The molecule has 1 aliphatic carbocycles. The Hall–Kier alpha value is 1.12. The van der Waals surface area contributed by atoms with Crippen LogP contribution >= 0.6 is 62.3 Å². The molecule has 0 heterocycles. The summed E-state index contributed by atoms with van der Waals surface area (Å²) in [6, 6.07) is 0. The van der Waals surface area contributed by atoms with E-state index in [4.69, 9.17) is 46.4 Å². The number of alkyl halides is 1. The summed E-state index contributed by atoms with van der Waals surface area (Å²) in [5, 5.41) is 1.54. The van der Waals surface area contributed by atoms with Crippen molar-refractivity contribution in [2.45, 2.75) is 4.83 Å². The maximum absolute atomic E-state index is 5.69. The lowest BCUT2D eigenvalue weighted by Crippen LogP contribution is -1.91. The normalized spacial score (nSPS) is 21.3. The Labute approximate surface area is 86.9 Å². The Bertz CT molecular complexity index is 206. The van der Waals surface area contributed by atoms with Crippen LogP contribution in [-0.2, 0) is 0 Å². The van der Waals surface area contributed by atoms with E-state index in [1.54, 1.807) is 0 Å². The van der Waals surface area contributed by atoms with Crippen molar-refractivity contribution < 1.29 is 0 Å². The summed E-state index contributed by atoms with van der Waals surface area (Å²) in [5.74, 6) is 0. The molecule has 10 heavy (non-hydrogen) atoms. The molecule has 0 bridgehead atoms. The minimum atomic E-state index is -0.226. The molecule has 0 atom stereocenters. The zero-order valence-corrected chi connectivity index (χ0v) is 9.08. The van der Waals surface area contributed by atoms with Crippen LogP contribution in [0.15, 0.2) is 20.1 Å². The minimum absolute atomic E-state index is 0.226. The van der Waals surface area contributed by atoms with Crippen molar-refractivity contribution in [1.29, 1.82) is 0 Å². The number of halogens is 5. The van der Waals surface area contributed by atoms with Crippen LogP contribution in [-0.4, -0.2) is 4.83 Å². The Balaban J connectivity index is 3.09. The highest BCUT2D eigenvalue weighted by atomic mass is 79.9. The number of allylic oxidation sites excluding steroid dienone is 4. The SMILES string of the molecule is ClC1=C(Cl)C(Br)C(Cl)=C1Cl. The first-order chi connectivity index (χ1) is 4.55. The highest BCUT2D eigenvalue weighted by Crippen LogP contribution is 2.44. The van der Waals surface area contributed by atoms with Gasteiger partial charge in [0.05, 0.1) is 25.0 Å². The van der Waals surface area contributed by atoms with Gasteiger partial charge in [0.15, 0.2) is 0 Å². The lowest BCUT2D eigenvalue weighted by atomic mass is 10.5. The quantitative estimate of drug-likeness (QED) is 0.586. The maximum Gasteiger partial charge on any atom is 0.0889 e. The molecule has 0 aromatic carbocycles. The molecule has 56 valence electrons. The van der Waals surface area contributed by atoms with Crippen LogP contribution in [0.4, 0.5) is 0 Å². The molecule has 0 nitrogen and oxygen atoms in total. The third-order valence-electron chi connectivity index (χ3n) is 1.06. The molecular weight excluding hydrogens is 282 g/mol. The molecule has 0 fully saturated rings. The molecule has 0 unspecified atom stereocenters. The van der Waals surface area contributed by atoms with Gasteiger partial charge in [0.2, 0.25) is 0 Å². The average molecular weight is 283 g/mol.